The van der Waals surface area contributed by atoms with Crippen LogP contribution in [0.15, 0.2) is 40.3 Å². The molecule has 1 saturated carbocycles. The van der Waals surface area contributed by atoms with Gasteiger partial charge in [-0.15, -0.1) is 16.4 Å². The van der Waals surface area contributed by atoms with Gasteiger partial charge in [0, 0.05) is 29.4 Å². The number of amides is 2. The van der Waals surface area contributed by atoms with E-state index in [9.17, 15) is 14.0 Å². The van der Waals surface area contributed by atoms with Crippen molar-refractivity contribution in [3.8, 4) is 10.6 Å². The maximum atomic E-state index is 14.0. The quantitative estimate of drug-likeness (QED) is 0.395. The van der Waals surface area contributed by atoms with Crippen LogP contribution in [0.25, 0.3) is 10.6 Å². The maximum Gasteiger partial charge on any atom is 0.411 e. The van der Waals surface area contributed by atoms with E-state index < -0.39 is 17.7 Å². The summed E-state index contributed by atoms with van der Waals surface area (Å²) in [6.45, 7) is 8.08. The van der Waals surface area contributed by atoms with Gasteiger partial charge in [0.05, 0.1) is 17.1 Å². The van der Waals surface area contributed by atoms with Gasteiger partial charge in [0.15, 0.2) is 0 Å². The number of hydrogen-bond acceptors (Lipinski definition) is 6. The SMILES string of the molecule is Cc1ccsc1-c1cn(C2C[C@H](C(=O)NCC3(c4cc(F)cc(Br)c4)CC3)N(C(=O)OC(C)(C)C)C2)nn1. The Balaban J connectivity index is 1.33. The molecule has 1 aromatic carbocycles. The molecule has 1 aliphatic carbocycles. The van der Waals surface area contributed by atoms with Gasteiger partial charge >= 0.3 is 6.09 Å². The van der Waals surface area contributed by atoms with Gasteiger partial charge in [0.1, 0.15) is 23.2 Å². The molecule has 1 unspecified atom stereocenters. The molecule has 0 radical (unpaired) electrons. The second kappa shape index (κ2) is 10.1. The van der Waals surface area contributed by atoms with Crippen molar-refractivity contribution in [2.75, 3.05) is 13.1 Å². The molecule has 2 aromatic heterocycles. The van der Waals surface area contributed by atoms with Crippen molar-refractivity contribution in [3.63, 3.8) is 0 Å². The van der Waals surface area contributed by atoms with E-state index in [4.69, 9.17) is 4.74 Å². The number of ether oxygens (including phenoxy) is 1. The summed E-state index contributed by atoms with van der Waals surface area (Å²) in [5.74, 6) is -0.568. The number of aryl methyl sites for hydroxylation is 1. The number of hydrogen-bond donors (Lipinski definition) is 1. The highest BCUT2D eigenvalue weighted by Crippen LogP contribution is 2.48. The van der Waals surface area contributed by atoms with E-state index in [2.05, 4.69) is 31.6 Å². The van der Waals surface area contributed by atoms with Crippen molar-refractivity contribution < 1.29 is 18.7 Å². The van der Waals surface area contributed by atoms with E-state index in [1.54, 1.807) is 36.8 Å². The first kappa shape index (κ1) is 26.8. The van der Waals surface area contributed by atoms with Gasteiger partial charge in [-0.05, 0) is 81.3 Å². The van der Waals surface area contributed by atoms with E-state index in [0.29, 0.717) is 17.4 Å². The molecule has 1 aliphatic heterocycles. The van der Waals surface area contributed by atoms with Crippen molar-refractivity contribution in [2.45, 2.75) is 70.1 Å². The van der Waals surface area contributed by atoms with Gasteiger partial charge in [-0.25, -0.2) is 13.9 Å². The standard InChI is InChI=1S/C27H31BrFN5O3S/c1-16-5-8-38-23(16)21-14-34(32-31-21)20-12-22(33(13-20)25(36)37-26(2,3)4)24(35)30-15-27(6-7-27)17-9-18(28)11-19(29)10-17/h5,8-11,14,20,22H,6-7,12-13,15H2,1-4H3,(H,30,35)/t20?,22-/m1/s1. The lowest BCUT2D eigenvalue weighted by Crippen LogP contribution is -2.48. The number of halogens is 2. The highest BCUT2D eigenvalue weighted by Gasteiger charge is 2.47. The Morgan fingerprint density at radius 3 is 2.68 bits per heavy atom. The highest BCUT2D eigenvalue weighted by atomic mass is 79.9. The summed E-state index contributed by atoms with van der Waals surface area (Å²) in [4.78, 5) is 29.2. The molecule has 202 valence electrons. The summed E-state index contributed by atoms with van der Waals surface area (Å²) in [6.07, 6.45) is 3.44. The first-order valence-corrected chi connectivity index (χ1v) is 14.3. The van der Waals surface area contributed by atoms with Crippen molar-refractivity contribution in [1.82, 2.24) is 25.2 Å². The number of thiophene rings is 1. The van der Waals surface area contributed by atoms with Gasteiger partial charge in [-0.2, -0.15) is 0 Å². The van der Waals surface area contributed by atoms with Crippen LogP contribution in [0, 0.1) is 12.7 Å². The third-order valence-electron chi connectivity index (χ3n) is 7.12. The smallest absolute Gasteiger partial charge is 0.411 e. The van der Waals surface area contributed by atoms with Gasteiger partial charge in [0.25, 0.3) is 0 Å². The predicted molar refractivity (Wildman–Crippen MR) is 146 cm³/mol. The Kier molecular flexibility index (Phi) is 7.10. The van der Waals surface area contributed by atoms with Crippen LogP contribution in [0.5, 0.6) is 0 Å². The number of benzene rings is 1. The molecule has 2 amide bonds. The Labute approximate surface area is 233 Å². The van der Waals surface area contributed by atoms with Crippen LogP contribution in [-0.2, 0) is 14.9 Å². The van der Waals surface area contributed by atoms with Crippen LogP contribution < -0.4 is 5.32 Å². The highest BCUT2D eigenvalue weighted by molar-refractivity contribution is 9.10. The molecule has 2 aliphatic rings. The zero-order chi connectivity index (χ0) is 27.2. The second-order valence-corrected chi connectivity index (χ2v) is 13.0. The average Bonchev–Trinajstić information content (AvgIpc) is 3.16. The van der Waals surface area contributed by atoms with Gasteiger partial charge in [-0.3, -0.25) is 9.69 Å². The molecular weight excluding hydrogens is 573 g/mol. The molecule has 8 nitrogen and oxygen atoms in total. The van der Waals surface area contributed by atoms with Crippen LogP contribution in [0.1, 0.15) is 57.2 Å². The summed E-state index contributed by atoms with van der Waals surface area (Å²) in [5.41, 5.74) is 1.76. The topological polar surface area (TPSA) is 89.4 Å². The fourth-order valence-corrected chi connectivity index (χ4v) is 6.27. The van der Waals surface area contributed by atoms with Crippen LogP contribution in [-0.4, -0.2) is 56.6 Å². The van der Waals surface area contributed by atoms with Gasteiger partial charge in [0.2, 0.25) is 5.91 Å². The van der Waals surface area contributed by atoms with Crippen LogP contribution in [0.3, 0.4) is 0 Å². The Morgan fingerprint density at radius 2 is 2.05 bits per heavy atom. The summed E-state index contributed by atoms with van der Waals surface area (Å²) in [6, 6.07) is 5.94. The molecule has 1 saturated heterocycles. The molecule has 3 heterocycles. The third-order valence-corrected chi connectivity index (χ3v) is 8.62. The minimum absolute atomic E-state index is 0.228. The van der Waals surface area contributed by atoms with E-state index in [1.165, 1.54) is 17.0 Å². The lowest BCUT2D eigenvalue weighted by Gasteiger charge is -2.28. The first-order valence-electron chi connectivity index (χ1n) is 12.6. The minimum Gasteiger partial charge on any atom is -0.444 e. The number of likely N-dealkylation sites (tertiary alicyclic amines) is 1. The number of carbonyl (C=O) groups excluding carboxylic acids is 2. The molecule has 38 heavy (non-hydrogen) atoms. The normalized spacial score (nSPS) is 20.4. The zero-order valence-corrected chi connectivity index (χ0v) is 24.2. The van der Waals surface area contributed by atoms with E-state index >= 15 is 0 Å². The fourth-order valence-electron chi connectivity index (χ4n) is 4.92. The molecule has 0 bridgehead atoms. The summed E-state index contributed by atoms with van der Waals surface area (Å²) in [7, 11) is 0. The van der Waals surface area contributed by atoms with Crippen LogP contribution in [0.2, 0.25) is 0 Å². The summed E-state index contributed by atoms with van der Waals surface area (Å²) in [5, 5.41) is 13.7. The second-order valence-electron chi connectivity index (χ2n) is 11.2. The maximum absolute atomic E-state index is 14.0. The van der Waals surface area contributed by atoms with Crippen LogP contribution >= 0.6 is 27.3 Å². The Bertz CT molecular complexity index is 1340. The molecule has 3 aromatic rings. The number of nitrogens with one attached hydrogen (secondary N) is 1. The van der Waals surface area contributed by atoms with Crippen LogP contribution in [0.4, 0.5) is 9.18 Å². The fraction of sp³-hybridized carbons (Fsp3) is 0.481. The zero-order valence-electron chi connectivity index (χ0n) is 21.8. The molecule has 1 N–H and O–H groups in total. The molecule has 11 heteroatoms. The Morgan fingerprint density at radius 1 is 1.29 bits per heavy atom. The number of aromatic nitrogens is 3. The van der Waals surface area contributed by atoms with Gasteiger partial charge < -0.3 is 10.1 Å². The monoisotopic (exact) mass is 603 g/mol. The summed E-state index contributed by atoms with van der Waals surface area (Å²) >= 11 is 4.96. The number of carbonyl (C=O) groups is 2. The average molecular weight is 605 g/mol. The number of nitrogens with zero attached hydrogens (tertiary/aromatic N) is 4. The largest absolute Gasteiger partial charge is 0.444 e. The molecule has 5 rings (SSSR count). The predicted octanol–water partition coefficient (Wildman–Crippen LogP) is 5.62. The van der Waals surface area contributed by atoms with E-state index in [1.807, 2.05) is 30.6 Å². The third kappa shape index (κ3) is 5.63. The first-order chi connectivity index (χ1) is 17.9. The van der Waals surface area contributed by atoms with E-state index in [-0.39, 0.29) is 29.7 Å². The minimum atomic E-state index is -0.721. The summed E-state index contributed by atoms with van der Waals surface area (Å²) < 4.78 is 22.1. The lowest BCUT2D eigenvalue weighted by molar-refractivity contribution is -0.125. The molecule has 2 fully saturated rings. The van der Waals surface area contributed by atoms with Crippen molar-refractivity contribution in [2.24, 2.45) is 0 Å². The van der Waals surface area contributed by atoms with Crippen molar-refractivity contribution >= 4 is 39.3 Å². The lowest BCUT2D eigenvalue weighted by atomic mass is 9.95. The van der Waals surface area contributed by atoms with Gasteiger partial charge in [-0.1, -0.05) is 21.1 Å². The molecular formula is C27H31BrFN5O3S. The van der Waals surface area contributed by atoms with Crippen molar-refractivity contribution in [1.29, 1.82) is 0 Å². The van der Waals surface area contributed by atoms with Crippen molar-refractivity contribution in [3.05, 3.63) is 57.3 Å². The Hall–Kier alpha value is -2.79. The molecule has 0 spiro atoms. The number of rotatable bonds is 6. The van der Waals surface area contributed by atoms with E-state index in [0.717, 1.165) is 34.5 Å². The molecule has 2 atom stereocenters.